The Hall–Kier alpha value is -4.46. The zero-order chi connectivity index (χ0) is 23.3. The van der Waals surface area contributed by atoms with E-state index >= 15 is 0 Å². The summed E-state index contributed by atoms with van der Waals surface area (Å²) in [5.74, 6) is -0.637. The fourth-order valence-corrected chi connectivity index (χ4v) is 2.74. The quantitative estimate of drug-likeness (QED) is 0.254. The summed E-state index contributed by atoms with van der Waals surface area (Å²) in [6.07, 6.45) is 1.13. The van der Waals surface area contributed by atoms with Gasteiger partial charge in [-0.3, -0.25) is 14.4 Å². The molecule has 0 saturated carbocycles. The average molecular weight is 444 g/mol. The highest BCUT2D eigenvalue weighted by atomic mass is 16.5. The van der Waals surface area contributed by atoms with Crippen LogP contribution in [0.25, 0.3) is 0 Å². The van der Waals surface area contributed by atoms with Crippen molar-refractivity contribution in [3.8, 4) is 5.75 Å². The number of rotatable bonds is 10. The third-order valence-electron chi connectivity index (χ3n) is 4.36. The molecule has 0 saturated heterocycles. The smallest absolute Gasteiger partial charge is 0.262 e. The normalized spacial score (nSPS) is 10.4. The van der Waals surface area contributed by atoms with Crippen LogP contribution in [0.5, 0.6) is 5.75 Å². The Morgan fingerprint density at radius 1 is 0.788 bits per heavy atom. The van der Waals surface area contributed by atoms with Crippen molar-refractivity contribution in [3.05, 3.63) is 96.1 Å². The average Bonchev–Trinajstić information content (AvgIpc) is 2.83. The Morgan fingerprint density at radius 2 is 1.45 bits per heavy atom. The van der Waals surface area contributed by atoms with Gasteiger partial charge in [-0.2, -0.15) is 5.10 Å². The van der Waals surface area contributed by atoms with Gasteiger partial charge in [0, 0.05) is 12.2 Å². The molecular formula is C25H24N4O4. The van der Waals surface area contributed by atoms with Gasteiger partial charge in [-0.15, -0.1) is 0 Å². The first kappa shape index (κ1) is 23.2. The van der Waals surface area contributed by atoms with Crippen LogP contribution in [0, 0.1) is 0 Å². The third-order valence-corrected chi connectivity index (χ3v) is 4.36. The van der Waals surface area contributed by atoms with E-state index in [0.29, 0.717) is 23.5 Å². The van der Waals surface area contributed by atoms with E-state index in [9.17, 15) is 14.4 Å². The van der Waals surface area contributed by atoms with Gasteiger partial charge in [-0.25, -0.2) is 5.43 Å². The molecule has 0 bridgehead atoms. The van der Waals surface area contributed by atoms with Gasteiger partial charge >= 0.3 is 0 Å². The number of hydrogen-bond acceptors (Lipinski definition) is 5. The van der Waals surface area contributed by atoms with E-state index in [0.717, 1.165) is 5.56 Å². The Kier molecular flexibility index (Phi) is 8.73. The first-order valence-electron chi connectivity index (χ1n) is 10.3. The first-order chi connectivity index (χ1) is 16.1. The largest absolute Gasteiger partial charge is 0.484 e. The van der Waals surface area contributed by atoms with Gasteiger partial charge in [0.15, 0.2) is 6.61 Å². The Morgan fingerprint density at radius 3 is 2.15 bits per heavy atom. The predicted molar refractivity (Wildman–Crippen MR) is 126 cm³/mol. The summed E-state index contributed by atoms with van der Waals surface area (Å²) in [5.41, 5.74) is 4.69. The van der Waals surface area contributed by atoms with Crippen LogP contribution in [0.15, 0.2) is 90.0 Å². The van der Waals surface area contributed by atoms with E-state index in [1.165, 1.54) is 6.21 Å². The topological polar surface area (TPSA) is 109 Å². The van der Waals surface area contributed by atoms with Gasteiger partial charge in [0.1, 0.15) is 12.2 Å². The molecule has 0 fully saturated rings. The van der Waals surface area contributed by atoms with Crippen molar-refractivity contribution in [2.45, 2.75) is 13.0 Å². The van der Waals surface area contributed by atoms with Crippen molar-refractivity contribution in [3.63, 3.8) is 0 Å². The molecule has 0 heterocycles. The van der Waals surface area contributed by atoms with E-state index in [-0.39, 0.29) is 24.8 Å². The first-order valence-corrected chi connectivity index (χ1v) is 10.3. The van der Waals surface area contributed by atoms with E-state index in [1.807, 2.05) is 48.5 Å². The molecule has 0 radical (unpaired) electrons. The van der Waals surface area contributed by atoms with E-state index in [1.54, 1.807) is 36.4 Å². The molecule has 0 aliphatic heterocycles. The monoisotopic (exact) mass is 444 g/mol. The van der Waals surface area contributed by atoms with Crippen molar-refractivity contribution >= 4 is 29.6 Å². The molecule has 0 aliphatic rings. The number of amides is 3. The lowest BCUT2D eigenvalue weighted by Crippen LogP contribution is -2.29. The van der Waals surface area contributed by atoms with E-state index in [4.69, 9.17) is 4.74 Å². The molecule has 3 aromatic carbocycles. The van der Waals surface area contributed by atoms with Crippen molar-refractivity contribution < 1.29 is 19.1 Å². The minimum absolute atomic E-state index is 0.120. The summed E-state index contributed by atoms with van der Waals surface area (Å²) in [5, 5.41) is 9.28. The molecule has 0 unspecified atom stereocenters. The van der Waals surface area contributed by atoms with E-state index < -0.39 is 5.91 Å². The van der Waals surface area contributed by atoms with Crippen molar-refractivity contribution in [1.82, 2.24) is 10.7 Å². The number of anilines is 1. The molecule has 3 aromatic rings. The lowest BCUT2D eigenvalue weighted by Gasteiger charge is -2.07. The second kappa shape index (κ2) is 12.4. The fraction of sp³-hybridized carbons (Fsp3) is 0.120. The second-order valence-electron chi connectivity index (χ2n) is 7.00. The SMILES string of the molecule is O=C(CC(=O)N/N=C/c1ccc(OCC(=O)Nc2ccccc2)cc1)NCc1ccccc1. The molecule has 168 valence electrons. The number of hydrogen-bond donors (Lipinski definition) is 3. The molecule has 3 rings (SSSR count). The lowest BCUT2D eigenvalue weighted by molar-refractivity contribution is -0.129. The molecule has 33 heavy (non-hydrogen) atoms. The maximum absolute atomic E-state index is 11.9. The number of ether oxygens (including phenoxy) is 1. The molecular weight excluding hydrogens is 420 g/mol. The maximum atomic E-state index is 11.9. The number of para-hydroxylation sites is 1. The summed E-state index contributed by atoms with van der Waals surface area (Å²) >= 11 is 0. The van der Waals surface area contributed by atoms with Crippen LogP contribution >= 0.6 is 0 Å². The van der Waals surface area contributed by atoms with Crippen LogP contribution in [0.3, 0.4) is 0 Å². The minimum atomic E-state index is -0.513. The van der Waals surface area contributed by atoms with Crippen LogP contribution in [0.2, 0.25) is 0 Å². The number of nitrogens with zero attached hydrogens (tertiary/aromatic N) is 1. The minimum Gasteiger partial charge on any atom is -0.484 e. The van der Waals surface area contributed by atoms with Crippen LogP contribution < -0.4 is 20.8 Å². The number of benzene rings is 3. The van der Waals surface area contributed by atoms with E-state index in [2.05, 4.69) is 21.2 Å². The van der Waals surface area contributed by atoms with Crippen LogP contribution in [0.1, 0.15) is 17.5 Å². The summed E-state index contributed by atoms with van der Waals surface area (Å²) in [6, 6.07) is 25.4. The number of nitrogens with one attached hydrogen (secondary N) is 3. The summed E-state index contributed by atoms with van der Waals surface area (Å²) < 4.78 is 5.47. The Bertz CT molecular complexity index is 1080. The third kappa shape index (κ3) is 8.66. The van der Waals surface area contributed by atoms with Crippen LogP contribution in [-0.2, 0) is 20.9 Å². The molecule has 8 nitrogen and oxygen atoms in total. The fourth-order valence-electron chi connectivity index (χ4n) is 2.74. The molecule has 3 N–H and O–H groups in total. The lowest BCUT2D eigenvalue weighted by atomic mass is 10.2. The van der Waals surface area contributed by atoms with Crippen LogP contribution in [-0.4, -0.2) is 30.5 Å². The van der Waals surface area contributed by atoms with Crippen LogP contribution in [0.4, 0.5) is 5.69 Å². The second-order valence-corrected chi connectivity index (χ2v) is 7.00. The highest BCUT2D eigenvalue weighted by Gasteiger charge is 2.08. The highest BCUT2D eigenvalue weighted by molar-refractivity contribution is 5.97. The molecule has 0 aliphatic carbocycles. The Labute approximate surface area is 191 Å². The summed E-state index contributed by atoms with van der Waals surface area (Å²) in [6.45, 7) is 0.239. The molecule has 0 spiro atoms. The van der Waals surface area contributed by atoms with Gasteiger partial charge in [-0.1, -0.05) is 48.5 Å². The van der Waals surface area contributed by atoms with Gasteiger partial charge in [0.25, 0.3) is 5.91 Å². The summed E-state index contributed by atoms with van der Waals surface area (Å²) in [7, 11) is 0. The molecule has 3 amide bonds. The predicted octanol–water partition coefficient (Wildman–Crippen LogP) is 2.86. The number of carbonyl (C=O) groups excluding carboxylic acids is 3. The van der Waals surface area contributed by atoms with Gasteiger partial charge < -0.3 is 15.4 Å². The number of hydrazone groups is 1. The number of carbonyl (C=O) groups is 3. The van der Waals surface area contributed by atoms with Gasteiger partial charge in [-0.05, 0) is 47.5 Å². The van der Waals surface area contributed by atoms with Crippen molar-refractivity contribution in [2.24, 2.45) is 5.10 Å². The zero-order valence-electron chi connectivity index (χ0n) is 17.9. The Balaban J connectivity index is 1.35. The van der Waals surface area contributed by atoms with Gasteiger partial charge in [0.2, 0.25) is 11.8 Å². The highest BCUT2D eigenvalue weighted by Crippen LogP contribution is 2.11. The molecule has 0 atom stereocenters. The standard InChI is InChI=1S/C25H24N4O4/c30-23(26-16-19-7-3-1-4-8-19)15-24(31)29-27-17-20-11-13-22(14-12-20)33-18-25(32)28-21-9-5-2-6-10-21/h1-14,17H,15-16,18H2,(H,26,30)(H,28,32)(H,29,31)/b27-17+. The van der Waals surface area contributed by atoms with Crippen molar-refractivity contribution in [1.29, 1.82) is 0 Å². The maximum Gasteiger partial charge on any atom is 0.262 e. The summed E-state index contributed by atoms with van der Waals surface area (Å²) in [4.78, 5) is 35.6. The molecule has 8 heteroatoms. The van der Waals surface area contributed by atoms with Crippen molar-refractivity contribution in [2.75, 3.05) is 11.9 Å². The molecule has 0 aromatic heterocycles. The zero-order valence-corrected chi connectivity index (χ0v) is 17.9. The van der Waals surface area contributed by atoms with Gasteiger partial charge in [0.05, 0.1) is 6.21 Å².